The fraction of sp³-hybridized carbons (Fsp3) is 0.688. The number of nitrogens with two attached hydrogens (primary N) is 2. The van der Waals surface area contributed by atoms with Crippen molar-refractivity contribution < 1.29 is 19.1 Å². The number of hydrogen-bond acceptors (Lipinski definition) is 6. The second kappa shape index (κ2) is 21.4. The van der Waals surface area contributed by atoms with E-state index in [1.54, 1.807) is 0 Å². The number of nitrogens with one attached hydrogen (secondary N) is 1. The summed E-state index contributed by atoms with van der Waals surface area (Å²) in [5.41, 5.74) is 13.5. The van der Waals surface area contributed by atoms with Crippen molar-refractivity contribution in [1.29, 1.82) is 0 Å². The van der Waals surface area contributed by atoms with Crippen molar-refractivity contribution in [2.75, 3.05) is 13.7 Å². The molecule has 1 aromatic carbocycles. The van der Waals surface area contributed by atoms with Gasteiger partial charge in [-0.1, -0.05) is 96.8 Å². The van der Waals surface area contributed by atoms with Crippen LogP contribution in [0.25, 0.3) is 10.9 Å². The zero-order chi connectivity index (χ0) is 28.9. The molecule has 2 atom stereocenters. The molecule has 0 aliphatic heterocycles. The molecule has 0 bridgehead atoms. The number of carbonyl (C=O) groups excluding carboxylic acids is 2. The zero-order valence-electron chi connectivity index (χ0n) is 25.0. The number of hydrogen-bond donors (Lipinski definition) is 3. The number of para-hydroxylation sites is 1. The molecule has 0 aliphatic carbocycles. The molecule has 7 heteroatoms. The van der Waals surface area contributed by atoms with E-state index in [2.05, 4.69) is 16.6 Å². The number of aromatic amines is 1. The fourth-order valence-corrected chi connectivity index (χ4v) is 4.64. The second-order valence-corrected chi connectivity index (χ2v) is 10.9. The molecule has 0 spiro atoms. The van der Waals surface area contributed by atoms with E-state index in [-0.39, 0.29) is 18.5 Å². The van der Waals surface area contributed by atoms with Gasteiger partial charge in [0.05, 0.1) is 7.11 Å². The van der Waals surface area contributed by atoms with Crippen molar-refractivity contribution in [3.63, 3.8) is 0 Å². The molecule has 222 valence electrons. The summed E-state index contributed by atoms with van der Waals surface area (Å²) in [4.78, 5) is 27.0. The van der Waals surface area contributed by atoms with E-state index < -0.39 is 12.0 Å². The van der Waals surface area contributed by atoms with Crippen molar-refractivity contribution in [1.82, 2.24) is 4.98 Å². The van der Waals surface area contributed by atoms with Gasteiger partial charge in [0, 0.05) is 29.9 Å². The predicted octanol–water partition coefficient (Wildman–Crippen LogP) is 6.81. The van der Waals surface area contributed by atoms with Crippen LogP contribution < -0.4 is 11.5 Å². The van der Waals surface area contributed by atoms with E-state index in [1.165, 1.54) is 71.3 Å². The molecule has 2 aromatic rings. The molecule has 1 heterocycles. The first-order valence-electron chi connectivity index (χ1n) is 15.1. The molecule has 0 fully saturated rings. The van der Waals surface area contributed by atoms with Crippen LogP contribution in [0.2, 0.25) is 0 Å². The van der Waals surface area contributed by atoms with E-state index in [4.69, 9.17) is 16.2 Å². The maximum atomic E-state index is 12.4. The van der Waals surface area contributed by atoms with E-state index in [0.717, 1.165) is 23.0 Å². The summed E-state index contributed by atoms with van der Waals surface area (Å²) < 4.78 is 10.3. The molecular weight excluding hydrogens is 490 g/mol. The SMILES string of the molecule is CCCCCCCCCCCCN.COC(=O)CCC(CC(C)C)OC(=O)[C@@H](N)Cc1c[nH]c2ccccc12. The van der Waals surface area contributed by atoms with Gasteiger partial charge in [-0.25, -0.2) is 0 Å². The van der Waals surface area contributed by atoms with Crippen molar-refractivity contribution in [3.05, 3.63) is 36.0 Å². The highest BCUT2D eigenvalue weighted by molar-refractivity contribution is 5.84. The summed E-state index contributed by atoms with van der Waals surface area (Å²) in [6.45, 7) is 7.24. The number of esters is 2. The van der Waals surface area contributed by atoms with Crippen LogP contribution in [-0.2, 0) is 25.5 Å². The van der Waals surface area contributed by atoms with Gasteiger partial charge >= 0.3 is 11.9 Å². The quantitative estimate of drug-likeness (QED) is 0.132. The van der Waals surface area contributed by atoms with Gasteiger partial charge < -0.3 is 25.9 Å². The van der Waals surface area contributed by atoms with Gasteiger partial charge in [-0.05, 0) is 43.4 Å². The number of carbonyl (C=O) groups is 2. The van der Waals surface area contributed by atoms with Gasteiger partial charge in [-0.15, -0.1) is 0 Å². The molecule has 5 N–H and O–H groups in total. The molecule has 39 heavy (non-hydrogen) atoms. The Labute approximate surface area is 236 Å². The Hall–Kier alpha value is -2.38. The topological polar surface area (TPSA) is 120 Å². The molecule has 1 aromatic heterocycles. The minimum Gasteiger partial charge on any atom is -0.469 e. The monoisotopic (exact) mass is 545 g/mol. The predicted molar refractivity (Wildman–Crippen MR) is 161 cm³/mol. The normalized spacial score (nSPS) is 12.6. The number of H-pyrrole nitrogens is 1. The first-order valence-corrected chi connectivity index (χ1v) is 15.1. The number of fused-ring (bicyclic) bond motifs is 1. The van der Waals surface area contributed by atoms with Crippen LogP contribution in [0.15, 0.2) is 30.5 Å². The number of ether oxygens (including phenoxy) is 2. The maximum absolute atomic E-state index is 12.4. The molecule has 0 saturated heterocycles. The Balaban J connectivity index is 0.000000495. The second-order valence-electron chi connectivity index (χ2n) is 10.9. The van der Waals surface area contributed by atoms with Crippen LogP contribution in [0.1, 0.15) is 110 Å². The Morgan fingerprint density at radius 2 is 1.56 bits per heavy atom. The molecule has 1 unspecified atom stereocenters. The summed E-state index contributed by atoms with van der Waals surface area (Å²) in [6.07, 6.45) is 17.2. The average molecular weight is 546 g/mol. The van der Waals surface area contributed by atoms with Gasteiger partial charge in [-0.3, -0.25) is 9.59 Å². The lowest BCUT2D eigenvalue weighted by molar-refractivity contribution is -0.153. The van der Waals surface area contributed by atoms with Crippen LogP contribution in [-0.4, -0.2) is 42.7 Å². The summed E-state index contributed by atoms with van der Waals surface area (Å²) in [6, 6.07) is 7.14. The van der Waals surface area contributed by atoms with Crippen LogP contribution in [0, 0.1) is 5.92 Å². The Bertz CT molecular complexity index is 902. The van der Waals surface area contributed by atoms with Crippen LogP contribution in [0.3, 0.4) is 0 Å². The van der Waals surface area contributed by atoms with Crippen molar-refractivity contribution >= 4 is 22.8 Å². The highest BCUT2D eigenvalue weighted by Crippen LogP contribution is 2.20. The summed E-state index contributed by atoms with van der Waals surface area (Å²) >= 11 is 0. The highest BCUT2D eigenvalue weighted by atomic mass is 16.5. The van der Waals surface area contributed by atoms with E-state index in [0.29, 0.717) is 25.2 Å². The molecule has 0 radical (unpaired) electrons. The number of aromatic nitrogens is 1. The standard InChI is InChI=1S/C20H28N2O4.C12H27N/c1-13(2)10-15(8-9-19(23)25-3)26-20(24)17(21)11-14-12-22-18-7-5-4-6-16(14)18;1-2-3-4-5-6-7-8-9-10-11-12-13/h4-7,12-13,15,17,22H,8-11,21H2,1-3H3;2-13H2,1H3/t15?,17-;/m0./s1. The third-order valence-corrected chi connectivity index (χ3v) is 6.89. The maximum Gasteiger partial charge on any atom is 0.323 e. The molecule has 0 aliphatic rings. The average Bonchev–Trinajstić information content (AvgIpc) is 3.33. The number of unbranched alkanes of at least 4 members (excludes halogenated alkanes) is 9. The number of benzene rings is 1. The van der Waals surface area contributed by atoms with E-state index in [1.807, 2.05) is 44.3 Å². The number of methoxy groups -OCH3 is 1. The minimum atomic E-state index is -0.748. The van der Waals surface area contributed by atoms with Gasteiger partial charge in [0.15, 0.2) is 0 Å². The first kappa shape index (κ1) is 34.6. The van der Waals surface area contributed by atoms with E-state index >= 15 is 0 Å². The lowest BCUT2D eigenvalue weighted by atomic mass is 10.0. The van der Waals surface area contributed by atoms with Crippen LogP contribution >= 0.6 is 0 Å². The highest BCUT2D eigenvalue weighted by Gasteiger charge is 2.23. The third kappa shape index (κ3) is 15.7. The number of rotatable bonds is 19. The van der Waals surface area contributed by atoms with Gasteiger partial charge in [-0.2, -0.15) is 0 Å². The van der Waals surface area contributed by atoms with Crippen LogP contribution in [0.5, 0.6) is 0 Å². The van der Waals surface area contributed by atoms with Gasteiger partial charge in [0.2, 0.25) is 0 Å². The third-order valence-electron chi connectivity index (χ3n) is 6.89. The van der Waals surface area contributed by atoms with Crippen molar-refractivity contribution in [3.8, 4) is 0 Å². The molecule has 7 nitrogen and oxygen atoms in total. The van der Waals surface area contributed by atoms with Gasteiger partial charge in [0.25, 0.3) is 0 Å². The van der Waals surface area contributed by atoms with Crippen molar-refractivity contribution in [2.45, 2.75) is 123 Å². The first-order chi connectivity index (χ1) is 18.8. The van der Waals surface area contributed by atoms with Gasteiger partial charge in [0.1, 0.15) is 12.1 Å². The Morgan fingerprint density at radius 1 is 0.949 bits per heavy atom. The molecule has 2 rings (SSSR count). The molecule has 0 saturated carbocycles. The van der Waals surface area contributed by atoms with Crippen molar-refractivity contribution in [2.24, 2.45) is 17.4 Å². The Morgan fingerprint density at radius 3 is 2.15 bits per heavy atom. The van der Waals surface area contributed by atoms with Crippen LogP contribution in [0.4, 0.5) is 0 Å². The zero-order valence-corrected chi connectivity index (χ0v) is 25.0. The molecule has 0 amide bonds. The summed E-state index contributed by atoms with van der Waals surface area (Å²) in [7, 11) is 1.35. The Kier molecular flexibility index (Phi) is 19.0. The molecular formula is C32H55N3O4. The lowest BCUT2D eigenvalue weighted by Gasteiger charge is -2.21. The minimum absolute atomic E-state index is 0.221. The summed E-state index contributed by atoms with van der Waals surface area (Å²) in [5.74, 6) is -0.404. The fourth-order valence-electron chi connectivity index (χ4n) is 4.64. The largest absolute Gasteiger partial charge is 0.469 e. The summed E-state index contributed by atoms with van der Waals surface area (Å²) in [5, 5.41) is 1.06. The lowest BCUT2D eigenvalue weighted by Crippen LogP contribution is -2.37. The smallest absolute Gasteiger partial charge is 0.323 e. The van der Waals surface area contributed by atoms with E-state index in [9.17, 15) is 9.59 Å².